The Kier molecular flexibility index (Phi) is 4.10. The van der Waals surface area contributed by atoms with E-state index in [-0.39, 0.29) is 12.6 Å². The van der Waals surface area contributed by atoms with Gasteiger partial charge in [0.1, 0.15) is 12.2 Å². The van der Waals surface area contributed by atoms with Crippen LogP contribution in [0.2, 0.25) is 0 Å². The Balaban J connectivity index is 1.98. The molecule has 0 radical (unpaired) electrons. The highest BCUT2D eigenvalue weighted by atomic mass is 32.1. The maximum absolute atomic E-state index is 9.09. The van der Waals surface area contributed by atoms with Crippen molar-refractivity contribution in [1.29, 1.82) is 0 Å². The molecular formula is C18H19N5OS. The van der Waals surface area contributed by atoms with E-state index in [4.69, 9.17) is 10.1 Å². The Morgan fingerprint density at radius 1 is 1.24 bits per heavy atom. The molecule has 2 N–H and O–H groups in total. The van der Waals surface area contributed by atoms with Crippen molar-refractivity contribution in [3.8, 4) is 11.4 Å². The number of hydrogen-bond donors (Lipinski definition) is 2. The molecule has 6 nitrogen and oxygen atoms in total. The zero-order valence-electron chi connectivity index (χ0n) is 14.1. The second kappa shape index (κ2) is 6.42. The van der Waals surface area contributed by atoms with Gasteiger partial charge in [0.15, 0.2) is 17.0 Å². The lowest BCUT2D eigenvalue weighted by atomic mass is 10.1. The molecule has 7 heteroatoms. The molecule has 3 heterocycles. The monoisotopic (exact) mass is 353 g/mol. The van der Waals surface area contributed by atoms with E-state index in [0.29, 0.717) is 12.4 Å². The number of hydrogen-bond acceptors (Lipinski definition) is 6. The SMILES string of the molecule is CC(C)n1c(-c2csc3ccccc23)nc2c(NCCO)ncnc21. The van der Waals surface area contributed by atoms with Crippen molar-refractivity contribution in [3.05, 3.63) is 36.0 Å². The Hall–Kier alpha value is -2.51. The molecule has 128 valence electrons. The minimum atomic E-state index is 0.0401. The summed E-state index contributed by atoms with van der Waals surface area (Å²) in [6.07, 6.45) is 1.54. The van der Waals surface area contributed by atoms with Gasteiger partial charge in [0.25, 0.3) is 0 Å². The molecule has 0 atom stereocenters. The summed E-state index contributed by atoms with van der Waals surface area (Å²) in [5.41, 5.74) is 2.64. The number of fused-ring (bicyclic) bond motifs is 2. The van der Waals surface area contributed by atoms with E-state index < -0.39 is 0 Å². The third-order valence-corrected chi connectivity index (χ3v) is 5.08. The van der Waals surface area contributed by atoms with Gasteiger partial charge in [-0.05, 0) is 19.9 Å². The molecule has 0 unspecified atom stereocenters. The van der Waals surface area contributed by atoms with Crippen LogP contribution in [0.4, 0.5) is 5.82 Å². The largest absolute Gasteiger partial charge is 0.395 e. The first-order valence-corrected chi connectivity index (χ1v) is 9.13. The van der Waals surface area contributed by atoms with Gasteiger partial charge in [-0.15, -0.1) is 11.3 Å². The van der Waals surface area contributed by atoms with Crippen molar-refractivity contribution in [2.75, 3.05) is 18.5 Å². The number of benzene rings is 1. The highest BCUT2D eigenvalue weighted by Gasteiger charge is 2.20. The van der Waals surface area contributed by atoms with Gasteiger partial charge in [-0.1, -0.05) is 18.2 Å². The number of rotatable bonds is 5. The smallest absolute Gasteiger partial charge is 0.166 e. The molecular weight excluding hydrogens is 334 g/mol. The van der Waals surface area contributed by atoms with Gasteiger partial charge < -0.3 is 15.0 Å². The summed E-state index contributed by atoms with van der Waals surface area (Å²) < 4.78 is 3.39. The lowest BCUT2D eigenvalue weighted by molar-refractivity contribution is 0.311. The molecule has 0 aliphatic heterocycles. The number of thiophene rings is 1. The molecule has 0 bridgehead atoms. The number of nitrogens with zero attached hydrogens (tertiary/aromatic N) is 4. The Morgan fingerprint density at radius 2 is 2.08 bits per heavy atom. The van der Waals surface area contributed by atoms with Crippen molar-refractivity contribution in [2.45, 2.75) is 19.9 Å². The number of aromatic nitrogens is 4. The van der Waals surface area contributed by atoms with Crippen molar-refractivity contribution in [1.82, 2.24) is 19.5 Å². The van der Waals surface area contributed by atoms with Crippen LogP contribution in [0, 0.1) is 0 Å². The number of anilines is 1. The fourth-order valence-electron chi connectivity index (χ4n) is 3.04. The van der Waals surface area contributed by atoms with Gasteiger partial charge in [0.05, 0.1) is 6.61 Å². The average molecular weight is 353 g/mol. The van der Waals surface area contributed by atoms with E-state index in [2.05, 4.69) is 63.3 Å². The second-order valence-electron chi connectivity index (χ2n) is 6.09. The van der Waals surface area contributed by atoms with E-state index in [9.17, 15) is 0 Å². The van der Waals surface area contributed by atoms with Crippen molar-refractivity contribution < 1.29 is 5.11 Å². The summed E-state index contributed by atoms with van der Waals surface area (Å²) in [4.78, 5) is 13.6. The lowest BCUT2D eigenvalue weighted by Gasteiger charge is -2.12. The van der Waals surface area contributed by atoms with E-state index >= 15 is 0 Å². The van der Waals surface area contributed by atoms with Crippen molar-refractivity contribution in [3.63, 3.8) is 0 Å². The molecule has 0 aliphatic carbocycles. The number of aliphatic hydroxyl groups excluding tert-OH is 1. The van der Waals surface area contributed by atoms with Crippen LogP contribution in [0.15, 0.2) is 36.0 Å². The fourth-order valence-corrected chi connectivity index (χ4v) is 3.98. The minimum absolute atomic E-state index is 0.0401. The summed E-state index contributed by atoms with van der Waals surface area (Å²) >= 11 is 1.72. The van der Waals surface area contributed by atoms with Crippen LogP contribution in [-0.2, 0) is 0 Å². The molecule has 0 fully saturated rings. The van der Waals surface area contributed by atoms with Gasteiger partial charge in [0.2, 0.25) is 0 Å². The average Bonchev–Trinajstić information content (AvgIpc) is 3.21. The maximum atomic E-state index is 9.09. The van der Waals surface area contributed by atoms with E-state index in [1.165, 1.54) is 16.4 Å². The first kappa shape index (κ1) is 16.0. The van der Waals surface area contributed by atoms with Gasteiger partial charge in [-0.3, -0.25) is 0 Å². The number of aliphatic hydroxyl groups is 1. The number of imidazole rings is 1. The molecule has 25 heavy (non-hydrogen) atoms. The zero-order valence-corrected chi connectivity index (χ0v) is 14.9. The summed E-state index contributed by atoms with van der Waals surface area (Å²) in [7, 11) is 0. The molecule has 4 rings (SSSR count). The van der Waals surface area contributed by atoms with Crippen LogP contribution in [0.5, 0.6) is 0 Å². The highest BCUT2D eigenvalue weighted by molar-refractivity contribution is 7.17. The van der Waals surface area contributed by atoms with Crippen LogP contribution in [-0.4, -0.2) is 37.8 Å². The predicted octanol–water partition coefficient (Wildman–Crippen LogP) is 3.69. The normalized spacial score (nSPS) is 11.7. The highest BCUT2D eigenvalue weighted by Crippen LogP contribution is 2.36. The first-order valence-electron chi connectivity index (χ1n) is 8.25. The van der Waals surface area contributed by atoms with E-state index in [1.807, 2.05) is 0 Å². The summed E-state index contributed by atoms with van der Waals surface area (Å²) in [5, 5.41) is 15.6. The van der Waals surface area contributed by atoms with Gasteiger partial charge >= 0.3 is 0 Å². The van der Waals surface area contributed by atoms with Crippen molar-refractivity contribution >= 4 is 38.4 Å². The molecule has 0 saturated carbocycles. The van der Waals surface area contributed by atoms with Crippen LogP contribution in [0.3, 0.4) is 0 Å². The fraction of sp³-hybridized carbons (Fsp3) is 0.278. The molecule has 3 aromatic heterocycles. The summed E-state index contributed by atoms with van der Waals surface area (Å²) in [5.74, 6) is 1.55. The Morgan fingerprint density at radius 3 is 2.88 bits per heavy atom. The third-order valence-electron chi connectivity index (χ3n) is 4.12. The molecule has 1 aromatic carbocycles. The topological polar surface area (TPSA) is 75.9 Å². The maximum Gasteiger partial charge on any atom is 0.166 e. The van der Waals surface area contributed by atoms with Gasteiger partial charge in [-0.2, -0.15) is 0 Å². The lowest BCUT2D eigenvalue weighted by Crippen LogP contribution is -2.08. The second-order valence-corrected chi connectivity index (χ2v) is 7.00. The Labute approximate surface area is 149 Å². The Bertz CT molecular complexity index is 1040. The zero-order chi connectivity index (χ0) is 17.4. The first-order chi connectivity index (χ1) is 12.2. The van der Waals surface area contributed by atoms with Crippen LogP contribution in [0.25, 0.3) is 32.6 Å². The number of nitrogens with one attached hydrogen (secondary N) is 1. The summed E-state index contributed by atoms with van der Waals surface area (Å²) in [6, 6.07) is 8.56. The molecule has 0 aliphatic rings. The molecule has 4 aromatic rings. The minimum Gasteiger partial charge on any atom is -0.395 e. The van der Waals surface area contributed by atoms with Crippen LogP contribution in [0.1, 0.15) is 19.9 Å². The summed E-state index contributed by atoms with van der Waals surface area (Å²) in [6.45, 7) is 4.72. The molecule has 0 amide bonds. The van der Waals surface area contributed by atoms with Gasteiger partial charge in [-0.25, -0.2) is 15.0 Å². The standard InChI is InChI=1S/C18H19N5OS/c1-11(2)23-17(13-9-25-14-6-4-3-5-12(13)14)22-15-16(19-7-8-24)20-10-21-18(15)23/h3-6,9-11,24H,7-8H2,1-2H3,(H,19,20,21). The van der Waals surface area contributed by atoms with Gasteiger partial charge in [0, 0.05) is 33.6 Å². The van der Waals surface area contributed by atoms with Crippen LogP contribution >= 0.6 is 11.3 Å². The van der Waals surface area contributed by atoms with E-state index in [0.717, 1.165) is 22.6 Å². The third kappa shape index (κ3) is 2.65. The van der Waals surface area contributed by atoms with Crippen LogP contribution < -0.4 is 5.32 Å². The molecule has 0 saturated heterocycles. The quantitative estimate of drug-likeness (QED) is 0.572. The van der Waals surface area contributed by atoms with Crippen molar-refractivity contribution in [2.24, 2.45) is 0 Å². The molecule has 0 spiro atoms. The predicted molar refractivity (Wildman–Crippen MR) is 102 cm³/mol. The van der Waals surface area contributed by atoms with E-state index in [1.54, 1.807) is 11.3 Å².